The Morgan fingerprint density at radius 3 is 2.92 bits per heavy atom. The molecule has 0 spiro atoms. The molecule has 0 aliphatic heterocycles. The molecule has 5 nitrogen and oxygen atoms in total. The van der Waals surface area contributed by atoms with Crippen molar-refractivity contribution < 1.29 is 4.52 Å². The number of aromatic nitrogens is 3. The quantitative estimate of drug-likeness (QED) is 0.746. The van der Waals surface area contributed by atoms with Crippen LogP contribution in [0.25, 0.3) is 5.69 Å². The Bertz CT molecular complexity index is 808. The van der Waals surface area contributed by atoms with E-state index in [9.17, 15) is 0 Å². The van der Waals surface area contributed by atoms with Gasteiger partial charge in [-0.1, -0.05) is 29.8 Å². The molecule has 1 fully saturated rings. The fraction of sp³-hybridized carbons (Fsp3) is 0.400. The number of rotatable bonds is 6. The van der Waals surface area contributed by atoms with Crippen molar-refractivity contribution in [2.24, 2.45) is 5.92 Å². The molecule has 1 aromatic carbocycles. The highest BCUT2D eigenvalue weighted by atomic mass is 16.5. The van der Waals surface area contributed by atoms with Crippen LogP contribution < -0.4 is 5.32 Å². The largest absolute Gasteiger partial charge is 0.361 e. The second-order valence-corrected chi connectivity index (χ2v) is 6.95. The van der Waals surface area contributed by atoms with Crippen molar-refractivity contribution in [3.8, 4) is 5.69 Å². The van der Waals surface area contributed by atoms with Gasteiger partial charge >= 0.3 is 0 Å². The van der Waals surface area contributed by atoms with Crippen LogP contribution in [0.2, 0.25) is 0 Å². The molecule has 1 aliphatic carbocycles. The predicted molar refractivity (Wildman–Crippen MR) is 96.5 cm³/mol. The number of hydrogen-bond donors (Lipinski definition) is 1. The van der Waals surface area contributed by atoms with Gasteiger partial charge in [-0.15, -0.1) is 0 Å². The average molecular weight is 336 g/mol. The molecule has 1 saturated carbocycles. The van der Waals surface area contributed by atoms with Crippen LogP contribution in [0.15, 0.2) is 53.3 Å². The minimum atomic E-state index is 0.533. The summed E-state index contributed by atoms with van der Waals surface area (Å²) in [5, 5.41) is 12.2. The molecular weight excluding hydrogens is 312 g/mol. The van der Waals surface area contributed by atoms with Gasteiger partial charge in [0.15, 0.2) is 0 Å². The molecule has 1 N–H and O–H groups in total. The number of aryl methyl sites for hydroxylation is 1. The molecule has 130 valence electrons. The van der Waals surface area contributed by atoms with Crippen LogP contribution in [0.3, 0.4) is 0 Å². The van der Waals surface area contributed by atoms with Gasteiger partial charge in [-0.3, -0.25) is 0 Å². The average Bonchev–Trinajstić information content (AvgIpc) is 3.36. The molecule has 5 heteroatoms. The van der Waals surface area contributed by atoms with E-state index >= 15 is 0 Å². The van der Waals surface area contributed by atoms with Crippen molar-refractivity contribution in [1.29, 1.82) is 0 Å². The Balaban J connectivity index is 1.35. The zero-order valence-electron chi connectivity index (χ0n) is 14.6. The first-order valence-corrected chi connectivity index (χ1v) is 9.02. The third-order valence-corrected chi connectivity index (χ3v) is 5.02. The van der Waals surface area contributed by atoms with Crippen LogP contribution in [0.1, 0.15) is 36.3 Å². The van der Waals surface area contributed by atoms with Gasteiger partial charge in [0, 0.05) is 36.8 Å². The standard InChI is InChI=1S/C20H24N4O/c1-15-10-19(25-23-15)11-17-6-5-9-20(17)21-12-16-13-22-24(14-16)18-7-3-2-4-8-18/h2-4,7-8,10,13-14,17,20-21H,5-6,9,11-12H2,1H3/t17-,20+/m0/s1. The first-order chi connectivity index (χ1) is 12.3. The summed E-state index contributed by atoms with van der Waals surface area (Å²) in [7, 11) is 0. The molecular formula is C20H24N4O. The maximum Gasteiger partial charge on any atom is 0.137 e. The molecule has 2 atom stereocenters. The van der Waals surface area contributed by atoms with Gasteiger partial charge < -0.3 is 9.84 Å². The summed E-state index contributed by atoms with van der Waals surface area (Å²) in [5.74, 6) is 1.63. The Hall–Kier alpha value is -2.40. The van der Waals surface area contributed by atoms with Crippen molar-refractivity contribution in [3.05, 3.63) is 65.8 Å². The number of para-hydroxylation sites is 1. The lowest BCUT2D eigenvalue weighted by molar-refractivity contribution is 0.329. The molecule has 3 aromatic rings. The highest BCUT2D eigenvalue weighted by Crippen LogP contribution is 2.29. The molecule has 0 amide bonds. The minimum absolute atomic E-state index is 0.533. The molecule has 0 unspecified atom stereocenters. The Kier molecular flexibility index (Phi) is 4.65. The molecule has 4 rings (SSSR count). The summed E-state index contributed by atoms with van der Waals surface area (Å²) in [6.45, 7) is 2.82. The first kappa shape index (κ1) is 16.1. The zero-order valence-corrected chi connectivity index (χ0v) is 14.6. The summed E-state index contributed by atoms with van der Waals surface area (Å²) in [6, 6.07) is 12.8. The van der Waals surface area contributed by atoms with Crippen LogP contribution in [0.4, 0.5) is 0 Å². The van der Waals surface area contributed by atoms with E-state index < -0.39 is 0 Å². The van der Waals surface area contributed by atoms with Gasteiger partial charge in [0.2, 0.25) is 0 Å². The Morgan fingerprint density at radius 1 is 1.24 bits per heavy atom. The normalized spacial score (nSPS) is 20.2. The van der Waals surface area contributed by atoms with Crippen molar-refractivity contribution in [1.82, 2.24) is 20.3 Å². The van der Waals surface area contributed by atoms with Crippen molar-refractivity contribution in [3.63, 3.8) is 0 Å². The predicted octanol–water partition coefficient (Wildman–Crippen LogP) is 3.67. The van der Waals surface area contributed by atoms with Crippen molar-refractivity contribution in [2.75, 3.05) is 0 Å². The lowest BCUT2D eigenvalue weighted by atomic mass is 9.98. The van der Waals surface area contributed by atoms with E-state index in [2.05, 4.69) is 40.0 Å². The molecule has 0 bridgehead atoms. The zero-order chi connectivity index (χ0) is 17.1. The van der Waals surface area contributed by atoms with Crippen molar-refractivity contribution >= 4 is 0 Å². The van der Waals surface area contributed by atoms with Gasteiger partial charge in [-0.25, -0.2) is 4.68 Å². The molecule has 1 aliphatic rings. The summed E-state index contributed by atoms with van der Waals surface area (Å²) < 4.78 is 7.33. The maximum absolute atomic E-state index is 5.40. The van der Waals surface area contributed by atoms with Gasteiger partial charge in [0.25, 0.3) is 0 Å². The van der Waals surface area contributed by atoms with E-state index in [0.29, 0.717) is 12.0 Å². The van der Waals surface area contributed by atoms with E-state index in [0.717, 1.165) is 30.1 Å². The summed E-state index contributed by atoms with van der Waals surface area (Å²) in [4.78, 5) is 0. The molecule has 2 heterocycles. The summed E-state index contributed by atoms with van der Waals surface area (Å²) in [5.41, 5.74) is 3.27. The van der Waals surface area contributed by atoms with Crippen LogP contribution in [-0.2, 0) is 13.0 Å². The smallest absolute Gasteiger partial charge is 0.137 e. The number of nitrogens with zero attached hydrogens (tertiary/aromatic N) is 3. The molecule has 0 radical (unpaired) electrons. The minimum Gasteiger partial charge on any atom is -0.361 e. The van der Waals surface area contributed by atoms with Gasteiger partial charge in [-0.05, 0) is 37.8 Å². The fourth-order valence-corrected chi connectivity index (χ4v) is 3.74. The van der Waals surface area contributed by atoms with Crippen LogP contribution >= 0.6 is 0 Å². The lowest BCUT2D eigenvalue weighted by Crippen LogP contribution is -2.32. The number of benzene rings is 1. The molecule has 25 heavy (non-hydrogen) atoms. The second kappa shape index (κ2) is 7.23. The Morgan fingerprint density at radius 2 is 2.12 bits per heavy atom. The SMILES string of the molecule is Cc1cc(C[C@@H]2CCC[C@H]2NCc2cnn(-c3ccccc3)c2)on1. The second-order valence-electron chi connectivity index (χ2n) is 6.95. The highest BCUT2D eigenvalue weighted by molar-refractivity contribution is 5.30. The number of nitrogens with one attached hydrogen (secondary N) is 1. The van der Waals surface area contributed by atoms with Crippen LogP contribution in [0, 0.1) is 12.8 Å². The lowest BCUT2D eigenvalue weighted by Gasteiger charge is -2.19. The van der Waals surface area contributed by atoms with E-state index in [1.807, 2.05) is 36.0 Å². The van der Waals surface area contributed by atoms with E-state index in [4.69, 9.17) is 4.52 Å². The number of hydrogen-bond acceptors (Lipinski definition) is 4. The van der Waals surface area contributed by atoms with Gasteiger partial charge in [0.05, 0.1) is 17.6 Å². The van der Waals surface area contributed by atoms with Crippen molar-refractivity contribution in [2.45, 2.75) is 45.2 Å². The third-order valence-electron chi connectivity index (χ3n) is 5.02. The third kappa shape index (κ3) is 3.82. The van der Waals surface area contributed by atoms with E-state index in [1.165, 1.54) is 24.8 Å². The molecule has 2 aromatic heterocycles. The van der Waals surface area contributed by atoms with Gasteiger partial charge in [0.1, 0.15) is 5.76 Å². The molecule has 0 saturated heterocycles. The van der Waals surface area contributed by atoms with Gasteiger partial charge in [-0.2, -0.15) is 5.10 Å². The van der Waals surface area contributed by atoms with Crippen LogP contribution in [0.5, 0.6) is 0 Å². The fourth-order valence-electron chi connectivity index (χ4n) is 3.74. The van der Waals surface area contributed by atoms with Crippen LogP contribution in [-0.4, -0.2) is 21.0 Å². The highest BCUT2D eigenvalue weighted by Gasteiger charge is 2.28. The first-order valence-electron chi connectivity index (χ1n) is 9.02. The monoisotopic (exact) mass is 336 g/mol. The Labute approximate surface area is 148 Å². The summed E-state index contributed by atoms with van der Waals surface area (Å²) >= 11 is 0. The topological polar surface area (TPSA) is 55.9 Å². The van der Waals surface area contributed by atoms with E-state index in [-0.39, 0.29) is 0 Å². The maximum atomic E-state index is 5.40. The summed E-state index contributed by atoms with van der Waals surface area (Å²) in [6.07, 6.45) is 8.78. The van der Waals surface area contributed by atoms with E-state index in [1.54, 1.807) is 0 Å².